The summed E-state index contributed by atoms with van der Waals surface area (Å²) in [5.41, 5.74) is 10.3. The van der Waals surface area contributed by atoms with Crippen molar-refractivity contribution < 1.29 is 9.47 Å². The lowest BCUT2D eigenvalue weighted by Crippen LogP contribution is -2.57. The molecule has 0 bridgehead atoms. The van der Waals surface area contributed by atoms with Crippen LogP contribution in [-0.4, -0.2) is 11.3 Å². The maximum Gasteiger partial charge on any atom is 0.260 e. The molecule has 0 radical (unpaired) electrons. The molecule has 1 aliphatic carbocycles. The molecule has 4 heteroatoms. The first-order valence-electron chi connectivity index (χ1n) is 15.8. The summed E-state index contributed by atoms with van der Waals surface area (Å²) in [5, 5.41) is 4.97. The number of aromatic nitrogens is 1. The summed E-state index contributed by atoms with van der Waals surface area (Å²) in [4.78, 5) is 0. The highest BCUT2D eigenvalue weighted by molar-refractivity contribution is 6.98. The fourth-order valence-corrected chi connectivity index (χ4v) is 8.04. The first kappa shape index (κ1) is 25.3. The SMILES string of the molecule is CC(C)(C)c1cc2c3c(c1)Oc1c(ccc4c1c1ccc5c(c1n4C(C)(C)C)CCC5)B3c1cc3ccccc3cc1O2. The third-order valence-corrected chi connectivity index (χ3v) is 10.0. The minimum absolute atomic E-state index is 0.0305. The van der Waals surface area contributed by atoms with Crippen molar-refractivity contribution in [2.24, 2.45) is 0 Å². The average molecular weight is 562 g/mol. The van der Waals surface area contributed by atoms with Crippen LogP contribution in [-0.2, 0) is 23.8 Å². The number of nitrogens with zero attached hydrogens (tertiary/aromatic N) is 1. The van der Waals surface area contributed by atoms with Crippen molar-refractivity contribution in [1.29, 1.82) is 0 Å². The van der Waals surface area contributed by atoms with E-state index in [0.717, 1.165) is 34.9 Å². The maximum absolute atomic E-state index is 7.14. The summed E-state index contributed by atoms with van der Waals surface area (Å²) in [6.07, 6.45) is 3.54. The molecule has 0 N–H and O–H groups in total. The molecular formula is C39H36BNO2. The van der Waals surface area contributed by atoms with Crippen LogP contribution in [0.4, 0.5) is 0 Å². The molecule has 9 rings (SSSR count). The summed E-state index contributed by atoms with van der Waals surface area (Å²) < 4.78 is 16.5. The number of ether oxygens (including phenoxy) is 2. The number of aryl methyl sites for hydroxylation is 2. The van der Waals surface area contributed by atoms with Crippen LogP contribution in [0.1, 0.15) is 64.7 Å². The van der Waals surface area contributed by atoms with Crippen LogP contribution >= 0.6 is 0 Å². The zero-order chi connectivity index (χ0) is 29.4. The average Bonchev–Trinajstić information content (AvgIpc) is 3.58. The lowest BCUT2D eigenvalue weighted by Gasteiger charge is -2.35. The van der Waals surface area contributed by atoms with E-state index in [4.69, 9.17) is 9.47 Å². The van der Waals surface area contributed by atoms with Gasteiger partial charge in [-0.3, -0.25) is 0 Å². The second kappa shape index (κ2) is 8.26. The quantitative estimate of drug-likeness (QED) is 0.174. The Balaban J connectivity index is 1.41. The van der Waals surface area contributed by atoms with Crippen molar-refractivity contribution in [2.45, 2.75) is 71.8 Å². The van der Waals surface area contributed by atoms with E-state index in [-0.39, 0.29) is 17.7 Å². The van der Waals surface area contributed by atoms with Crippen molar-refractivity contribution in [1.82, 2.24) is 4.57 Å². The van der Waals surface area contributed by atoms with Gasteiger partial charge in [0.2, 0.25) is 0 Å². The molecule has 0 amide bonds. The Bertz CT molecular complexity index is 2190. The van der Waals surface area contributed by atoms with E-state index in [0.29, 0.717) is 0 Å². The van der Waals surface area contributed by atoms with Gasteiger partial charge in [-0.2, -0.15) is 0 Å². The van der Waals surface area contributed by atoms with Crippen molar-refractivity contribution in [2.75, 3.05) is 0 Å². The lowest BCUT2D eigenvalue weighted by atomic mass is 9.34. The van der Waals surface area contributed by atoms with Crippen molar-refractivity contribution >= 4 is 55.7 Å². The van der Waals surface area contributed by atoms with Crippen LogP contribution in [0.3, 0.4) is 0 Å². The number of fused-ring (bicyclic) bond motifs is 11. The van der Waals surface area contributed by atoms with Gasteiger partial charge in [-0.15, -0.1) is 0 Å². The van der Waals surface area contributed by atoms with E-state index in [2.05, 4.69) is 119 Å². The highest BCUT2D eigenvalue weighted by Crippen LogP contribution is 2.46. The van der Waals surface area contributed by atoms with Gasteiger partial charge in [-0.05, 0) is 108 Å². The smallest absolute Gasteiger partial charge is 0.260 e. The largest absolute Gasteiger partial charge is 0.458 e. The first-order valence-corrected chi connectivity index (χ1v) is 15.8. The zero-order valence-corrected chi connectivity index (χ0v) is 25.9. The second-order valence-electron chi connectivity index (χ2n) is 14.8. The number of hydrogen-bond acceptors (Lipinski definition) is 2. The fraction of sp³-hybridized carbons (Fsp3) is 0.282. The molecule has 43 heavy (non-hydrogen) atoms. The topological polar surface area (TPSA) is 23.4 Å². The molecular weight excluding hydrogens is 525 g/mol. The van der Waals surface area contributed by atoms with Gasteiger partial charge in [-0.25, -0.2) is 0 Å². The van der Waals surface area contributed by atoms with E-state index in [1.54, 1.807) is 0 Å². The van der Waals surface area contributed by atoms with Crippen molar-refractivity contribution in [3.8, 4) is 23.0 Å². The van der Waals surface area contributed by atoms with Gasteiger partial charge in [0.05, 0.1) is 11.0 Å². The van der Waals surface area contributed by atoms with Crippen molar-refractivity contribution in [3.05, 3.63) is 89.5 Å². The summed E-state index contributed by atoms with van der Waals surface area (Å²) in [6.45, 7) is 13.8. The van der Waals surface area contributed by atoms with E-state index in [9.17, 15) is 0 Å². The Hall–Kier alpha value is -4.18. The molecule has 212 valence electrons. The predicted octanol–water partition coefficient (Wildman–Crippen LogP) is 8.22. The highest BCUT2D eigenvalue weighted by Gasteiger charge is 2.42. The second-order valence-corrected chi connectivity index (χ2v) is 14.8. The van der Waals surface area contributed by atoms with Gasteiger partial charge in [0.1, 0.15) is 23.0 Å². The Morgan fingerprint density at radius 3 is 2.21 bits per heavy atom. The molecule has 0 saturated carbocycles. The van der Waals surface area contributed by atoms with Gasteiger partial charge in [0.15, 0.2) is 0 Å². The molecule has 2 aliphatic heterocycles. The van der Waals surface area contributed by atoms with Gasteiger partial charge >= 0.3 is 0 Å². The Morgan fingerprint density at radius 2 is 1.47 bits per heavy atom. The minimum atomic E-state index is -0.0741. The summed E-state index contributed by atoms with van der Waals surface area (Å²) in [6, 6.07) is 27.1. The van der Waals surface area contributed by atoms with Crippen LogP contribution in [0, 0.1) is 0 Å². The molecule has 3 nitrogen and oxygen atoms in total. The van der Waals surface area contributed by atoms with Gasteiger partial charge in [0, 0.05) is 21.8 Å². The molecule has 5 aromatic carbocycles. The minimum Gasteiger partial charge on any atom is -0.458 e. The standard InChI is InChI=1S/C39H36BNO2/c1-38(2,3)25-20-32-35-33(21-25)43-37-28(40(35)29-18-23-10-7-8-11-24(23)19-31(29)42-32)16-17-30-34(37)27-15-14-22-12-9-13-26(22)36(27)41(30)39(4,5)6/h7-8,10-11,14-21H,9,12-13H2,1-6H3. The molecule has 1 aromatic heterocycles. The van der Waals surface area contributed by atoms with E-state index < -0.39 is 0 Å². The van der Waals surface area contributed by atoms with Gasteiger partial charge in [0.25, 0.3) is 6.71 Å². The third-order valence-electron chi connectivity index (χ3n) is 10.0. The highest BCUT2D eigenvalue weighted by atomic mass is 16.5. The summed E-state index contributed by atoms with van der Waals surface area (Å²) in [5.74, 6) is 3.77. The number of rotatable bonds is 0. The zero-order valence-electron chi connectivity index (χ0n) is 25.9. The first-order chi connectivity index (χ1) is 20.6. The normalized spacial score (nSPS) is 15.3. The molecule has 0 atom stereocenters. The molecule has 6 aromatic rings. The van der Waals surface area contributed by atoms with Gasteiger partial charge < -0.3 is 14.0 Å². The Morgan fingerprint density at radius 1 is 0.721 bits per heavy atom. The monoisotopic (exact) mass is 561 g/mol. The summed E-state index contributed by atoms with van der Waals surface area (Å²) >= 11 is 0. The van der Waals surface area contributed by atoms with E-state index >= 15 is 0 Å². The van der Waals surface area contributed by atoms with Crippen LogP contribution < -0.4 is 25.9 Å². The Labute approximate surface area is 253 Å². The van der Waals surface area contributed by atoms with Gasteiger partial charge in [-0.1, -0.05) is 69.3 Å². The van der Waals surface area contributed by atoms with Crippen molar-refractivity contribution in [3.63, 3.8) is 0 Å². The Kier molecular flexibility index (Phi) is 4.86. The third kappa shape index (κ3) is 3.44. The predicted molar refractivity (Wildman–Crippen MR) is 180 cm³/mol. The van der Waals surface area contributed by atoms with Crippen LogP contribution in [0.5, 0.6) is 23.0 Å². The number of hydrogen-bond donors (Lipinski definition) is 0. The molecule has 0 spiro atoms. The molecule has 0 fully saturated rings. The maximum atomic E-state index is 7.14. The van der Waals surface area contributed by atoms with E-state index in [1.165, 1.54) is 73.0 Å². The molecule has 3 heterocycles. The molecule has 0 unspecified atom stereocenters. The molecule has 0 saturated heterocycles. The summed E-state index contributed by atoms with van der Waals surface area (Å²) in [7, 11) is 0. The lowest BCUT2D eigenvalue weighted by molar-refractivity contribution is 0.422. The van der Waals surface area contributed by atoms with Crippen LogP contribution in [0.2, 0.25) is 0 Å². The fourth-order valence-electron chi connectivity index (χ4n) is 8.04. The van der Waals surface area contributed by atoms with Crippen LogP contribution in [0.15, 0.2) is 72.8 Å². The number of benzene rings is 5. The molecule has 3 aliphatic rings. The van der Waals surface area contributed by atoms with Crippen LogP contribution in [0.25, 0.3) is 32.6 Å². The van der Waals surface area contributed by atoms with E-state index in [1.807, 2.05) is 0 Å².